The molecule has 1 atom stereocenters. The number of carbonyl (C=O) groups excluding carboxylic acids is 2. The molecule has 0 fully saturated rings. The van der Waals surface area contributed by atoms with Gasteiger partial charge in [0.25, 0.3) is 0 Å². The fraction of sp³-hybridized carbons (Fsp3) is 0.286. The number of rotatable bonds is 12. The molecule has 2 amide bonds. The highest BCUT2D eigenvalue weighted by atomic mass is 32.2. The van der Waals surface area contributed by atoms with Crippen LogP contribution in [0.2, 0.25) is 0 Å². The van der Waals surface area contributed by atoms with Crippen molar-refractivity contribution in [3.05, 3.63) is 90.0 Å². The van der Waals surface area contributed by atoms with Crippen LogP contribution >= 0.6 is 0 Å². The Labute approximate surface area is 224 Å². The average Bonchev–Trinajstić information content (AvgIpc) is 2.93. The summed E-state index contributed by atoms with van der Waals surface area (Å²) in [6.07, 6.45) is 1.27. The van der Waals surface area contributed by atoms with Crippen molar-refractivity contribution in [2.45, 2.75) is 19.0 Å². The zero-order valence-corrected chi connectivity index (χ0v) is 22.8. The highest BCUT2D eigenvalue weighted by Gasteiger charge is 2.33. The molecule has 1 N–H and O–H groups in total. The molecule has 0 bridgehead atoms. The van der Waals surface area contributed by atoms with E-state index in [4.69, 9.17) is 9.47 Å². The molecule has 38 heavy (non-hydrogen) atoms. The van der Waals surface area contributed by atoms with Gasteiger partial charge >= 0.3 is 0 Å². The van der Waals surface area contributed by atoms with Gasteiger partial charge in [0.1, 0.15) is 24.1 Å². The topological polar surface area (TPSA) is 105 Å². The molecule has 0 aliphatic carbocycles. The third-order valence-electron chi connectivity index (χ3n) is 6.04. The lowest BCUT2D eigenvalue weighted by atomic mass is 10.0. The van der Waals surface area contributed by atoms with Gasteiger partial charge in [-0.25, -0.2) is 8.42 Å². The van der Waals surface area contributed by atoms with E-state index in [0.29, 0.717) is 11.5 Å². The standard InChI is InChI=1S/C28H33N3O6S/c1-29-28(33)25(18-21-11-6-5-7-12-21)30(19-22-13-10-14-23(17-22)36-2)27(32)20-31(38(4,34)35)24-15-8-9-16-26(24)37-3/h5-17,25H,18-20H2,1-4H3,(H,29,33)/t25-/m0/s1. The molecule has 0 unspecified atom stereocenters. The van der Waals surface area contributed by atoms with Crippen LogP contribution in [0.1, 0.15) is 11.1 Å². The Morgan fingerprint density at radius 1 is 0.895 bits per heavy atom. The first-order valence-corrected chi connectivity index (χ1v) is 13.8. The van der Waals surface area contributed by atoms with E-state index in [1.807, 2.05) is 36.4 Å². The van der Waals surface area contributed by atoms with Crippen LogP contribution in [0.25, 0.3) is 0 Å². The smallest absolute Gasteiger partial charge is 0.244 e. The van der Waals surface area contributed by atoms with Gasteiger partial charge in [-0.05, 0) is 35.4 Å². The minimum Gasteiger partial charge on any atom is -0.497 e. The zero-order chi connectivity index (χ0) is 27.7. The number of nitrogens with one attached hydrogen (secondary N) is 1. The van der Waals surface area contributed by atoms with Crippen LogP contribution in [0.3, 0.4) is 0 Å². The monoisotopic (exact) mass is 539 g/mol. The lowest BCUT2D eigenvalue weighted by Gasteiger charge is -2.33. The summed E-state index contributed by atoms with van der Waals surface area (Å²) in [6, 6.07) is 22.2. The minimum atomic E-state index is -3.89. The number of amides is 2. The molecule has 0 saturated carbocycles. The summed E-state index contributed by atoms with van der Waals surface area (Å²) in [6.45, 7) is -0.462. The maximum atomic E-state index is 14.0. The summed E-state index contributed by atoms with van der Waals surface area (Å²) in [7, 11) is 0.590. The van der Waals surface area contributed by atoms with Gasteiger partial charge in [0, 0.05) is 20.0 Å². The Hall–Kier alpha value is -4.05. The van der Waals surface area contributed by atoms with Crippen LogP contribution in [0.5, 0.6) is 11.5 Å². The Bertz CT molecular complexity index is 1350. The number of ether oxygens (including phenoxy) is 2. The van der Waals surface area contributed by atoms with E-state index in [9.17, 15) is 18.0 Å². The number of methoxy groups -OCH3 is 2. The van der Waals surface area contributed by atoms with Crippen molar-refractivity contribution in [2.75, 3.05) is 38.4 Å². The highest BCUT2D eigenvalue weighted by Crippen LogP contribution is 2.30. The van der Waals surface area contributed by atoms with Crippen LogP contribution in [-0.4, -0.2) is 65.2 Å². The molecular weight excluding hydrogens is 506 g/mol. The van der Waals surface area contributed by atoms with Gasteiger partial charge in [-0.1, -0.05) is 54.6 Å². The second-order valence-corrected chi connectivity index (χ2v) is 10.5. The van der Waals surface area contributed by atoms with E-state index >= 15 is 0 Å². The lowest BCUT2D eigenvalue weighted by Crippen LogP contribution is -2.52. The summed E-state index contributed by atoms with van der Waals surface area (Å²) in [4.78, 5) is 28.5. The highest BCUT2D eigenvalue weighted by molar-refractivity contribution is 7.92. The zero-order valence-electron chi connectivity index (χ0n) is 22.0. The third kappa shape index (κ3) is 7.25. The van der Waals surface area contributed by atoms with Crippen molar-refractivity contribution >= 4 is 27.5 Å². The second kappa shape index (κ2) is 13.0. The molecule has 9 nitrogen and oxygen atoms in total. The first kappa shape index (κ1) is 28.5. The van der Waals surface area contributed by atoms with Crippen LogP contribution in [-0.2, 0) is 32.6 Å². The Morgan fingerprint density at radius 2 is 1.55 bits per heavy atom. The van der Waals surface area contributed by atoms with Gasteiger partial charge in [-0.2, -0.15) is 0 Å². The summed E-state index contributed by atoms with van der Waals surface area (Å²) < 4.78 is 37.4. The number of anilines is 1. The summed E-state index contributed by atoms with van der Waals surface area (Å²) in [5.74, 6) is -0.0135. The third-order valence-corrected chi connectivity index (χ3v) is 7.16. The van der Waals surface area contributed by atoms with Gasteiger partial charge < -0.3 is 19.7 Å². The number of hydrogen-bond acceptors (Lipinski definition) is 6. The van der Waals surface area contributed by atoms with Crippen molar-refractivity contribution in [3.63, 3.8) is 0 Å². The maximum Gasteiger partial charge on any atom is 0.244 e. The Morgan fingerprint density at radius 3 is 2.18 bits per heavy atom. The van der Waals surface area contributed by atoms with E-state index < -0.39 is 28.5 Å². The van der Waals surface area contributed by atoms with Crippen molar-refractivity contribution in [3.8, 4) is 11.5 Å². The molecule has 202 valence electrons. The maximum absolute atomic E-state index is 14.0. The van der Waals surface area contributed by atoms with Crippen LogP contribution < -0.4 is 19.1 Å². The Balaban J connectivity index is 2.06. The first-order chi connectivity index (χ1) is 18.2. The fourth-order valence-corrected chi connectivity index (χ4v) is 4.97. The van der Waals surface area contributed by atoms with Crippen LogP contribution in [0.15, 0.2) is 78.9 Å². The van der Waals surface area contributed by atoms with E-state index in [1.165, 1.54) is 19.1 Å². The van der Waals surface area contributed by atoms with E-state index in [0.717, 1.165) is 21.7 Å². The van der Waals surface area contributed by atoms with Crippen LogP contribution in [0, 0.1) is 0 Å². The normalized spacial score (nSPS) is 11.8. The molecule has 3 rings (SSSR count). The fourth-order valence-electron chi connectivity index (χ4n) is 4.12. The SMILES string of the molecule is CNC(=O)[C@H](Cc1ccccc1)N(Cc1cccc(OC)c1)C(=O)CN(c1ccccc1OC)S(C)(=O)=O. The van der Waals surface area contributed by atoms with Gasteiger partial charge in [0.2, 0.25) is 21.8 Å². The van der Waals surface area contributed by atoms with Gasteiger partial charge in [0.15, 0.2) is 0 Å². The second-order valence-electron chi connectivity index (χ2n) is 8.63. The molecular formula is C28H33N3O6S. The molecule has 0 saturated heterocycles. The lowest BCUT2D eigenvalue weighted by molar-refractivity contribution is -0.139. The number of hydrogen-bond donors (Lipinski definition) is 1. The van der Waals surface area contributed by atoms with Crippen molar-refractivity contribution in [1.82, 2.24) is 10.2 Å². The van der Waals surface area contributed by atoms with E-state index in [-0.39, 0.29) is 24.6 Å². The number of benzene rings is 3. The summed E-state index contributed by atoms with van der Waals surface area (Å²) >= 11 is 0. The molecule has 0 aliphatic rings. The van der Waals surface area contributed by atoms with E-state index in [2.05, 4.69) is 5.32 Å². The predicted molar refractivity (Wildman–Crippen MR) is 147 cm³/mol. The molecule has 0 spiro atoms. The van der Waals surface area contributed by atoms with Gasteiger partial charge in [-0.15, -0.1) is 0 Å². The first-order valence-electron chi connectivity index (χ1n) is 12.0. The number of nitrogens with zero attached hydrogens (tertiary/aromatic N) is 2. The predicted octanol–water partition coefficient (Wildman–Crippen LogP) is 2.86. The number of para-hydroxylation sites is 2. The molecule has 10 heteroatoms. The Kier molecular flexibility index (Phi) is 9.72. The molecule has 0 radical (unpaired) electrons. The molecule has 0 heterocycles. The largest absolute Gasteiger partial charge is 0.497 e. The molecule has 0 aliphatic heterocycles. The number of likely N-dealkylation sites (N-methyl/N-ethyl adjacent to an activating group) is 1. The van der Waals surface area contributed by atoms with Gasteiger partial charge in [0.05, 0.1) is 26.2 Å². The van der Waals surface area contributed by atoms with Crippen molar-refractivity contribution < 1.29 is 27.5 Å². The van der Waals surface area contributed by atoms with E-state index in [1.54, 1.807) is 49.6 Å². The minimum absolute atomic E-state index is 0.0600. The number of carbonyl (C=O) groups is 2. The molecule has 3 aromatic carbocycles. The molecule has 0 aromatic heterocycles. The van der Waals surface area contributed by atoms with Crippen molar-refractivity contribution in [1.29, 1.82) is 0 Å². The molecule has 3 aromatic rings. The van der Waals surface area contributed by atoms with Gasteiger partial charge in [-0.3, -0.25) is 13.9 Å². The van der Waals surface area contributed by atoms with Crippen LogP contribution in [0.4, 0.5) is 5.69 Å². The summed E-state index contributed by atoms with van der Waals surface area (Å²) in [5, 5.41) is 2.65. The number of sulfonamides is 1. The average molecular weight is 540 g/mol. The summed E-state index contributed by atoms with van der Waals surface area (Å²) in [5.41, 5.74) is 1.81. The van der Waals surface area contributed by atoms with Crippen molar-refractivity contribution in [2.24, 2.45) is 0 Å². The quantitative estimate of drug-likeness (QED) is 0.380.